The molecule has 0 bridgehead atoms. The van der Waals surface area contributed by atoms with Gasteiger partial charge in [0.15, 0.2) is 0 Å². The monoisotopic (exact) mass is 364 g/mol. The molecule has 0 saturated heterocycles. The van der Waals surface area contributed by atoms with Gasteiger partial charge in [0, 0.05) is 19.5 Å². The Bertz CT molecular complexity index is 676. The second-order valence-electron chi connectivity index (χ2n) is 5.17. The van der Waals surface area contributed by atoms with Crippen molar-refractivity contribution in [3.63, 3.8) is 0 Å². The molecule has 0 amide bonds. The lowest BCUT2D eigenvalue weighted by atomic mass is 10.2. The Hall–Kier alpha value is -0.550. The summed E-state index contributed by atoms with van der Waals surface area (Å²) >= 11 is 7.67. The first-order valence-electron chi connectivity index (χ1n) is 7.73. The Kier molecular flexibility index (Phi) is 6.19. The number of thiophene rings is 3. The lowest BCUT2D eigenvalue weighted by Gasteiger charge is -1.98. The van der Waals surface area contributed by atoms with Crippen molar-refractivity contribution in [3.05, 3.63) is 41.8 Å². The molecule has 116 valence electrons. The fourth-order valence-corrected chi connectivity index (χ4v) is 6.39. The molecule has 0 aliphatic carbocycles. The minimum Gasteiger partial charge on any atom is -0.143 e. The van der Waals surface area contributed by atoms with Gasteiger partial charge in [0.1, 0.15) is 0 Å². The van der Waals surface area contributed by atoms with Crippen LogP contribution in [0.2, 0.25) is 0 Å². The Morgan fingerprint density at radius 3 is 2.36 bits per heavy atom. The number of hydrogen-bond donors (Lipinski definition) is 0. The molecule has 3 heterocycles. The number of rotatable bonds is 8. The third-order valence-electron chi connectivity index (χ3n) is 3.44. The molecule has 0 saturated carbocycles. The highest BCUT2D eigenvalue weighted by molar-refractivity contribution is 8.01. The topological polar surface area (TPSA) is 0 Å². The molecular weight excluding hydrogens is 344 g/mol. The first-order valence-corrected chi connectivity index (χ1v) is 11.2. The molecule has 0 aromatic carbocycles. The summed E-state index contributed by atoms with van der Waals surface area (Å²) in [7, 11) is 0. The first kappa shape index (κ1) is 16.3. The molecule has 0 aliphatic rings. The average molecular weight is 365 g/mol. The second kappa shape index (κ2) is 8.34. The van der Waals surface area contributed by atoms with Gasteiger partial charge >= 0.3 is 0 Å². The lowest BCUT2D eigenvalue weighted by molar-refractivity contribution is 0.706. The summed E-state index contributed by atoms with van der Waals surface area (Å²) < 4.78 is 1.46. The van der Waals surface area contributed by atoms with Crippen molar-refractivity contribution < 1.29 is 0 Å². The van der Waals surface area contributed by atoms with Gasteiger partial charge in [-0.1, -0.05) is 32.3 Å². The Balaban J connectivity index is 1.59. The summed E-state index contributed by atoms with van der Waals surface area (Å²) in [6.45, 7) is 2.27. The molecule has 3 aromatic rings. The number of thioether (sulfide) groups is 1. The Morgan fingerprint density at radius 2 is 1.59 bits per heavy atom. The van der Waals surface area contributed by atoms with Crippen molar-refractivity contribution in [2.75, 3.05) is 5.75 Å². The fraction of sp³-hybridized carbons (Fsp3) is 0.333. The van der Waals surface area contributed by atoms with Crippen molar-refractivity contribution in [1.82, 2.24) is 0 Å². The number of hydrogen-bond acceptors (Lipinski definition) is 4. The minimum absolute atomic E-state index is 1.25. The summed E-state index contributed by atoms with van der Waals surface area (Å²) in [5.41, 5.74) is 0. The van der Waals surface area contributed by atoms with Gasteiger partial charge in [-0.05, 0) is 47.9 Å². The van der Waals surface area contributed by atoms with E-state index in [4.69, 9.17) is 0 Å². The van der Waals surface area contributed by atoms with Gasteiger partial charge in [0.25, 0.3) is 0 Å². The van der Waals surface area contributed by atoms with Crippen LogP contribution < -0.4 is 0 Å². The molecule has 22 heavy (non-hydrogen) atoms. The van der Waals surface area contributed by atoms with Gasteiger partial charge in [0.05, 0.1) is 4.21 Å². The number of unbranched alkanes of at least 4 members (excludes halogenated alkanes) is 3. The fourth-order valence-electron chi connectivity index (χ4n) is 2.25. The molecule has 3 aromatic heterocycles. The van der Waals surface area contributed by atoms with Gasteiger partial charge in [-0.3, -0.25) is 0 Å². The van der Waals surface area contributed by atoms with Gasteiger partial charge in [0.2, 0.25) is 0 Å². The molecule has 4 heteroatoms. The highest BCUT2D eigenvalue weighted by atomic mass is 32.2. The zero-order chi connectivity index (χ0) is 15.2. The van der Waals surface area contributed by atoms with E-state index in [1.807, 2.05) is 45.8 Å². The molecule has 0 aliphatic heterocycles. The van der Waals surface area contributed by atoms with Crippen LogP contribution in [-0.2, 0) is 0 Å². The highest BCUT2D eigenvalue weighted by Crippen LogP contribution is 2.41. The molecule has 0 nitrogen and oxygen atoms in total. The van der Waals surface area contributed by atoms with E-state index in [2.05, 4.69) is 48.7 Å². The molecule has 0 atom stereocenters. The van der Waals surface area contributed by atoms with E-state index in [1.54, 1.807) is 0 Å². The molecule has 0 N–H and O–H groups in total. The Labute approximate surface area is 149 Å². The smallest absolute Gasteiger partial charge is 0.0605 e. The van der Waals surface area contributed by atoms with Crippen LogP contribution in [0.15, 0.2) is 46.0 Å². The average Bonchev–Trinajstić information content (AvgIpc) is 3.26. The summed E-state index contributed by atoms with van der Waals surface area (Å²) in [4.78, 5) is 5.56. The van der Waals surface area contributed by atoms with Crippen LogP contribution in [0.25, 0.3) is 19.5 Å². The van der Waals surface area contributed by atoms with Crippen LogP contribution in [0.5, 0.6) is 0 Å². The van der Waals surface area contributed by atoms with E-state index >= 15 is 0 Å². The maximum absolute atomic E-state index is 2.29. The Morgan fingerprint density at radius 1 is 0.818 bits per heavy atom. The van der Waals surface area contributed by atoms with Gasteiger partial charge in [-0.15, -0.1) is 45.8 Å². The van der Waals surface area contributed by atoms with Crippen molar-refractivity contribution in [1.29, 1.82) is 0 Å². The van der Waals surface area contributed by atoms with E-state index < -0.39 is 0 Å². The second-order valence-corrected chi connectivity index (χ2v) is 9.68. The maximum atomic E-state index is 2.29. The molecule has 0 spiro atoms. The molecular formula is C18H20S4. The van der Waals surface area contributed by atoms with Gasteiger partial charge in [-0.25, -0.2) is 0 Å². The van der Waals surface area contributed by atoms with Crippen molar-refractivity contribution in [2.45, 2.75) is 36.8 Å². The van der Waals surface area contributed by atoms with Crippen LogP contribution in [0.1, 0.15) is 32.6 Å². The minimum atomic E-state index is 1.25. The predicted octanol–water partition coefficient (Wildman–Crippen LogP) is 7.88. The molecule has 3 rings (SSSR count). The van der Waals surface area contributed by atoms with E-state index in [-0.39, 0.29) is 0 Å². The lowest BCUT2D eigenvalue weighted by Crippen LogP contribution is -1.78. The largest absolute Gasteiger partial charge is 0.143 e. The van der Waals surface area contributed by atoms with Crippen molar-refractivity contribution >= 4 is 45.8 Å². The van der Waals surface area contributed by atoms with Crippen LogP contribution >= 0.6 is 45.8 Å². The van der Waals surface area contributed by atoms with E-state index in [0.29, 0.717) is 0 Å². The van der Waals surface area contributed by atoms with Gasteiger partial charge < -0.3 is 0 Å². The quantitative estimate of drug-likeness (QED) is 0.289. The van der Waals surface area contributed by atoms with Crippen LogP contribution in [-0.4, -0.2) is 5.75 Å². The van der Waals surface area contributed by atoms with Crippen LogP contribution in [0, 0.1) is 0 Å². The normalized spacial score (nSPS) is 11.1. The third kappa shape index (κ3) is 4.25. The summed E-state index contributed by atoms with van der Waals surface area (Å²) in [6.07, 6.45) is 5.40. The van der Waals surface area contributed by atoms with E-state index in [0.717, 1.165) is 0 Å². The third-order valence-corrected chi connectivity index (χ3v) is 8.18. The van der Waals surface area contributed by atoms with Crippen LogP contribution in [0.4, 0.5) is 0 Å². The molecule has 0 radical (unpaired) electrons. The summed E-state index contributed by atoms with van der Waals surface area (Å²) in [6, 6.07) is 13.4. The van der Waals surface area contributed by atoms with Crippen molar-refractivity contribution in [2.24, 2.45) is 0 Å². The van der Waals surface area contributed by atoms with E-state index in [1.165, 1.54) is 55.2 Å². The zero-order valence-corrected chi connectivity index (χ0v) is 16.0. The van der Waals surface area contributed by atoms with E-state index in [9.17, 15) is 0 Å². The summed E-state index contributed by atoms with van der Waals surface area (Å²) in [5.74, 6) is 1.25. The SMILES string of the molecule is CCCCCCSc1ccc(-c2ccc(-c3cccs3)s2)s1. The highest BCUT2D eigenvalue weighted by Gasteiger charge is 2.08. The first-order chi connectivity index (χ1) is 10.9. The maximum Gasteiger partial charge on any atom is 0.0605 e. The standard InChI is InChI=1S/C18H20S4/c1-2-3-4-5-12-20-18-11-10-17(22-18)16-9-8-15(21-16)14-7-6-13-19-14/h6-11,13H,2-5,12H2,1H3. The van der Waals surface area contributed by atoms with Crippen molar-refractivity contribution in [3.8, 4) is 19.5 Å². The predicted molar refractivity (Wildman–Crippen MR) is 106 cm³/mol. The molecule has 0 fully saturated rings. The summed E-state index contributed by atoms with van der Waals surface area (Å²) in [5, 5.41) is 2.15. The van der Waals surface area contributed by atoms with Gasteiger partial charge in [-0.2, -0.15) is 0 Å². The van der Waals surface area contributed by atoms with Crippen LogP contribution in [0.3, 0.4) is 0 Å². The zero-order valence-electron chi connectivity index (χ0n) is 12.7. The molecule has 0 unspecified atom stereocenters.